The average molecular weight is 391 g/mol. The van der Waals surface area contributed by atoms with Crippen LogP contribution in [-0.2, 0) is 14.8 Å². The van der Waals surface area contributed by atoms with Crippen molar-refractivity contribution in [1.29, 1.82) is 0 Å². The summed E-state index contributed by atoms with van der Waals surface area (Å²) in [5, 5.41) is 0. The number of hydrogen-bond acceptors (Lipinski definition) is 7. The largest absolute Gasteiger partial charge is 0.493 e. The molecule has 1 amide bonds. The molecule has 2 aromatic rings. The van der Waals surface area contributed by atoms with E-state index < -0.39 is 21.9 Å². The summed E-state index contributed by atoms with van der Waals surface area (Å²) in [6.07, 6.45) is 0. The Balaban J connectivity index is 1.67. The van der Waals surface area contributed by atoms with Crippen LogP contribution in [0.15, 0.2) is 47.4 Å². The number of esters is 1. The van der Waals surface area contributed by atoms with Crippen LogP contribution < -0.4 is 9.47 Å². The summed E-state index contributed by atoms with van der Waals surface area (Å²) in [6, 6.07) is 10.5. The fourth-order valence-electron chi connectivity index (χ4n) is 2.72. The molecule has 0 saturated heterocycles. The first-order chi connectivity index (χ1) is 12.9. The van der Waals surface area contributed by atoms with Gasteiger partial charge in [0, 0.05) is 0 Å². The van der Waals surface area contributed by atoms with Crippen molar-refractivity contribution in [2.24, 2.45) is 0 Å². The lowest BCUT2D eigenvalue weighted by Gasteiger charge is -2.15. The topological polar surface area (TPSA) is 99.2 Å². The molecule has 0 bridgehead atoms. The fourth-order valence-corrected chi connectivity index (χ4v) is 4.27. The molecule has 0 aromatic heterocycles. The second kappa shape index (κ2) is 7.28. The molecule has 9 heteroatoms. The number of methoxy groups -OCH3 is 2. The van der Waals surface area contributed by atoms with Crippen LogP contribution in [0.25, 0.3) is 0 Å². The summed E-state index contributed by atoms with van der Waals surface area (Å²) in [7, 11) is -1.01. The van der Waals surface area contributed by atoms with E-state index in [0.717, 1.165) is 0 Å². The number of amides is 1. The molecule has 0 fully saturated rings. The normalized spacial score (nSPS) is 14.6. The fraction of sp³-hybridized carbons (Fsp3) is 0.222. The molecule has 1 aliphatic rings. The van der Waals surface area contributed by atoms with Crippen LogP contribution in [0.3, 0.4) is 0 Å². The minimum Gasteiger partial charge on any atom is -0.493 e. The van der Waals surface area contributed by atoms with Gasteiger partial charge in [0.05, 0.1) is 31.9 Å². The van der Waals surface area contributed by atoms with Crippen molar-refractivity contribution in [3.05, 3.63) is 53.6 Å². The lowest BCUT2D eigenvalue weighted by Crippen LogP contribution is -2.33. The predicted molar refractivity (Wildman–Crippen MR) is 94.5 cm³/mol. The van der Waals surface area contributed by atoms with Gasteiger partial charge in [-0.3, -0.25) is 4.79 Å². The second-order valence-corrected chi connectivity index (χ2v) is 7.41. The quantitative estimate of drug-likeness (QED) is 0.691. The van der Waals surface area contributed by atoms with E-state index in [1.807, 2.05) is 0 Å². The summed E-state index contributed by atoms with van der Waals surface area (Å²) < 4.78 is 40.9. The number of fused-ring (bicyclic) bond motifs is 1. The molecule has 1 aliphatic heterocycles. The van der Waals surface area contributed by atoms with Crippen molar-refractivity contribution in [3.63, 3.8) is 0 Å². The van der Waals surface area contributed by atoms with E-state index in [-0.39, 0.29) is 29.2 Å². The summed E-state index contributed by atoms with van der Waals surface area (Å²) in [5.74, 6) is -0.481. The Morgan fingerprint density at radius 2 is 1.74 bits per heavy atom. The highest BCUT2D eigenvalue weighted by Crippen LogP contribution is 2.30. The van der Waals surface area contributed by atoms with Crippen LogP contribution in [0, 0.1) is 0 Å². The highest BCUT2D eigenvalue weighted by atomic mass is 32.2. The molecule has 0 N–H and O–H groups in total. The molecular formula is C18H17NO7S. The van der Waals surface area contributed by atoms with Gasteiger partial charge in [-0.15, -0.1) is 0 Å². The lowest BCUT2D eigenvalue weighted by atomic mass is 10.2. The van der Waals surface area contributed by atoms with E-state index in [2.05, 4.69) is 0 Å². The molecule has 2 aromatic carbocycles. The Bertz CT molecular complexity index is 1000. The zero-order valence-corrected chi connectivity index (χ0v) is 15.5. The van der Waals surface area contributed by atoms with Gasteiger partial charge in [-0.05, 0) is 30.3 Å². The van der Waals surface area contributed by atoms with Crippen molar-refractivity contribution in [1.82, 2.24) is 4.31 Å². The predicted octanol–water partition coefficient (Wildman–Crippen LogP) is 1.71. The third kappa shape index (κ3) is 3.33. The molecule has 0 unspecified atom stereocenters. The number of carbonyl (C=O) groups is 2. The Morgan fingerprint density at radius 3 is 2.41 bits per heavy atom. The minimum atomic E-state index is -3.92. The first kappa shape index (κ1) is 18.7. The van der Waals surface area contributed by atoms with E-state index in [1.54, 1.807) is 18.2 Å². The summed E-state index contributed by atoms with van der Waals surface area (Å²) in [5.41, 5.74) is 0.329. The molecule has 27 heavy (non-hydrogen) atoms. The van der Waals surface area contributed by atoms with Gasteiger partial charge in [-0.1, -0.05) is 12.1 Å². The number of hydrogen-bond donors (Lipinski definition) is 0. The van der Waals surface area contributed by atoms with Gasteiger partial charge in [0.1, 0.15) is 11.5 Å². The molecule has 0 spiro atoms. The standard InChI is InChI=1S/C18H17NO7S/c1-24-14-8-7-12(11-15(14)25-2)18(21)26-10-9-19-17(20)13-5-3-4-6-16(13)27(19,22)23/h3-8,11H,9-10H2,1-2H3. The average Bonchev–Trinajstić information content (AvgIpc) is 2.88. The van der Waals surface area contributed by atoms with Gasteiger partial charge in [0.15, 0.2) is 11.5 Å². The Hall–Kier alpha value is -3.07. The Labute approximate surface area is 156 Å². The molecule has 8 nitrogen and oxygen atoms in total. The number of nitrogens with zero attached hydrogens (tertiary/aromatic N) is 1. The Kier molecular flexibility index (Phi) is 5.04. The number of benzene rings is 2. The zero-order valence-electron chi connectivity index (χ0n) is 14.7. The molecule has 1 heterocycles. The van der Waals surface area contributed by atoms with E-state index in [4.69, 9.17) is 14.2 Å². The number of sulfonamides is 1. The molecule has 0 saturated carbocycles. The van der Waals surface area contributed by atoms with Gasteiger partial charge < -0.3 is 14.2 Å². The number of ether oxygens (including phenoxy) is 3. The molecule has 0 radical (unpaired) electrons. The van der Waals surface area contributed by atoms with Gasteiger partial charge in [-0.2, -0.15) is 0 Å². The monoisotopic (exact) mass is 391 g/mol. The zero-order chi connectivity index (χ0) is 19.6. The van der Waals surface area contributed by atoms with Crippen LogP contribution in [0.4, 0.5) is 0 Å². The molecular weight excluding hydrogens is 374 g/mol. The van der Waals surface area contributed by atoms with Crippen LogP contribution >= 0.6 is 0 Å². The maximum atomic E-state index is 12.4. The number of carbonyl (C=O) groups excluding carboxylic acids is 2. The van der Waals surface area contributed by atoms with Crippen molar-refractivity contribution < 1.29 is 32.2 Å². The highest BCUT2D eigenvalue weighted by molar-refractivity contribution is 7.90. The summed E-state index contributed by atoms with van der Waals surface area (Å²) >= 11 is 0. The maximum Gasteiger partial charge on any atom is 0.338 e. The third-order valence-electron chi connectivity index (χ3n) is 4.06. The van der Waals surface area contributed by atoms with Crippen molar-refractivity contribution >= 4 is 21.9 Å². The maximum absolute atomic E-state index is 12.4. The molecule has 142 valence electrons. The molecule has 0 atom stereocenters. The van der Waals surface area contributed by atoms with Gasteiger partial charge in [0.2, 0.25) is 0 Å². The van der Waals surface area contributed by atoms with Crippen LogP contribution in [0.5, 0.6) is 11.5 Å². The molecule has 3 rings (SSSR count). The minimum absolute atomic E-state index is 0.0405. The van der Waals surface area contributed by atoms with Crippen molar-refractivity contribution in [2.45, 2.75) is 4.90 Å². The van der Waals surface area contributed by atoms with Crippen LogP contribution in [0.1, 0.15) is 20.7 Å². The summed E-state index contributed by atoms with van der Waals surface area (Å²) in [6.45, 7) is -0.541. The SMILES string of the molecule is COc1ccc(C(=O)OCCN2C(=O)c3ccccc3S2(=O)=O)cc1OC. The highest BCUT2D eigenvalue weighted by Gasteiger charge is 2.40. The van der Waals surface area contributed by atoms with Gasteiger partial charge in [-0.25, -0.2) is 17.5 Å². The van der Waals surface area contributed by atoms with Crippen LogP contribution in [-0.4, -0.2) is 52.0 Å². The van der Waals surface area contributed by atoms with Crippen molar-refractivity contribution in [2.75, 3.05) is 27.4 Å². The van der Waals surface area contributed by atoms with E-state index in [0.29, 0.717) is 15.8 Å². The molecule has 0 aliphatic carbocycles. The Morgan fingerprint density at radius 1 is 1.04 bits per heavy atom. The van der Waals surface area contributed by atoms with E-state index >= 15 is 0 Å². The van der Waals surface area contributed by atoms with Crippen LogP contribution in [0.2, 0.25) is 0 Å². The first-order valence-electron chi connectivity index (χ1n) is 7.95. The van der Waals surface area contributed by atoms with E-state index in [9.17, 15) is 18.0 Å². The smallest absolute Gasteiger partial charge is 0.338 e. The van der Waals surface area contributed by atoms with Crippen molar-refractivity contribution in [3.8, 4) is 11.5 Å². The van der Waals surface area contributed by atoms with Gasteiger partial charge >= 0.3 is 5.97 Å². The lowest BCUT2D eigenvalue weighted by molar-refractivity contribution is 0.0477. The second-order valence-electron chi connectivity index (χ2n) is 5.58. The third-order valence-corrected chi connectivity index (χ3v) is 5.90. The summed E-state index contributed by atoms with van der Waals surface area (Å²) in [4.78, 5) is 24.4. The first-order valence-corrected chi connectivity index (χ1v) is 9.39. The van der Waals surface area contributed by atoms with Gasteiger partial charge in [0.25, 0.3) is 15.9 Å². The number of rotatable bonds is 6. The van der Waals surface area contributed by atoms with E-state index in [1.165, 1.54) is 38.5 Å².